The number of aryl methyl sites for hydroxylation is 1. The second kappa shape index (κ2) is 4.71. The Balaban J connectivity index is 3.03. The fraction of sp³-hybridized carbons (Fsp3) is 0.500. The van der Waals surface area contributed by atoms with E-state index in [2.05, 4.69) is 5.32 Å². The van der Waals surface area contributed by atoms with Gasteiger partial charge in [0.1, 0.15) is 5.69 Å². The third-order valence-electron chi connectivity index (χ3n) is 2.78. The molecule has 0 aliphatic carbocycles. The predicted octanol–water partition coefficient (Wildman–Crippen LogP) is 2.47. The van der Waals surface area contributed by atoms with Gasteiger partial charge in [-0.25, -0.2) is 0 Å². The van der Waals surface area contributed by atoms with Gasteiger partial charge in [-0.15, -0.1) is 0 Å². The van der Waals surface area contributed by atoms with Gasteiger partial charge in [-0.05, 0) is 39.3 Å². The van der Waals surface area contributed by atoms with Gasteiger partial charge in [-0.3, -0.25) is 10.1 Å². The molecule has 0 aliphatic heterocycles. The molecule has 94 valence electrons. The first kappa shape index (κ1) is 13.4. The first-order valence-corrected chi connectivity index (χ1v) is 5.46. The van der Waals surface area contributed by atoms with Crippen molar-refractivity contribution in [1.29, 1.82) is 0 Å². The highest BCUT2D eigenvalue weighted by Crippen LogP contribution is 2.27. The Morgan fingerprint density at radius 1 is 1.47 bits per heavy atom. The summed E-state index contributed by atoms with van der Waals surface area (Å²) in [6.07, 6.45) is 0. The van der Waals surface area contributed by atoms with E-state index in [0.717, 1.165) is 5.56 Å². The van der Waals surface area contributed by atoms with E-state index in [-0.39, 0.29) is 11.7 Å². The number of rotatable bonds is 4. The molecule has 0 heterocycles. The van der Waals surface area contributed by atoms with Gasteiger partial charge in [-0.2, -0.15) is 0 Å². The maximum Gasteiger partial charge on any atom is 0.292 e. The number of hydrogen-bond donors (Lipinski definition) is 2. The van der Waals surface area contributed by atoms with E-state index in [1.165, 1.54) is 6.07 Å². The third kappa shape index (κ3) is 3.42. The molecule has 1 unspecified atom stereocenters. The second-order valence-corrected chi connectivity index (χ2v) is 4.80. The molecule has 0 amide bonds. The minimum Gasteiger partial charge on any atom is -0.388 e. The lowest BCUT2D eigenvalue weighted by Gasteiger charge is -2.27. The average Bonchev–Trinajstić information content (AvgIpc) is 2.18. The Morgan fingerprint density at radius 3 is 2.53 bits per heavy atom. The molecule has 0 fully saturated rings. The topological polar surface area (TPSA) is 75.4 Å². The third-order valence-corrected chi connectivity index (χ3v) is 2.78. The van der Waals surface area contributed by atoms with Crippen LogP contribution in [0.25, 0.3) is 0 Å². The van der Waals surface area contributed by atoms with Gasteiger partial charge < -0.3 is 10.4 Å². The molecule has 5 heteroatoms. The number of nitro benzene ring substituents is 1. The van der Waals surface area contributed by atoms with Crippen LogP contribution >= 0.6 is 0 Å². The molecule has 0 aromatic heterocycles. The molecule has 0 saturated heterocycles. The lowest BCUT2D eigenvalue weighted by molar-refractivity contribution is -0.384. The fourth-order valence-corrected chi connectivity index (χ4v) is 1.32. The number of nitrogens with zero attached hydrogens (tertiary/aromatic N) is 1. The number of hydrogen-bond acceptors (Lipinski definition) is 4. The lowest BCUT2D eigenvalue weighted by atomic mass is 10.0. The van der Waals surface area contributed by atoms with E-state index in [9.17, 15) is 15.2 Å². The first-order chi connectivity index (χ1) is 7.71. The van der Waals surface area contributed by atoms with Crippen molar-refractivity contribution in [2.75, 3.05) is 5.32 Å². The largest absolute Gasteiger partial charge is 0.388 e. The summed E-state index contributed by atoms with van der Waals surface area (Å²) in [5.41, 5.74) is 0.341. The summed E-state index contributed by atoms with van der Waals surface area (Å²) in [4.78, 5) is 10.5. The summed E-state index contributed by atoms with van der Waals surface area (Å²) in [7, 11) is 0. The summed E-state index contributed by atoms with van der Waals surface area (Å²) in [5.74, 6) is 0. The zero-order valence-electron chi connectivity index (χ0n) is 10.5. The molecule has 0 radical (unpaired) electrons. The van der Waals surface area contributed by atoms with Crippen LogP contribution in [0.15, 0.2) is 18.2 Å². The summed E-state index contributed by atoms with van der Waals surface area (Å²) >= 11 is 0. The van der Waals surface area contributed by atoms with Gasteiger partial charge in [0, 0.05) is 6.07 Å². The molecule has 1 atom stereocenters. The molecule has 0 spiro atoms. The maximum absolute atomic E-state index is 10.9. The summed E-state index contributed by atoms with van der Waals surface area (Å²) in [6, 6.07) is 4.69. The molecule has 1 aromatic rings. The van der Waals surface area contributed by atoms with Crippen LogP contribution in [0, 0.1) is 17.0 Å². The molecule has 1 aromatic carbocycles. The molecule has 0 saturated carbocycles. The van der Waals surface area contributed by atoms with E-state index < -0.39 is 10.5 Å². The van der Waals surface area contributed by atoms with Crippen LogP contribution in [0.4, 0.5) is 11.4 Å². The number of benzene rings is 1. The summed E-state index contributed by atoms with van der Waals surface area (Å²) in [5, 5.41) is 23.7. The van der Waals surface area contributed by atoms with Gasteiger partial charge in [0.25, 0.3) is 5.69 Å². The van der Waals surface area contributed by atoms with Crippen LogP contribution in [-0.2, 0) is 0 Å². The standard InChI is InChI=1S/C12H18N2O3/c1-8-5-6-10(11(7-8)14(16)17)13-9(2)12(3,4)15/h5-7,9,13,15H,1-4H3. The van der Waals surface area contributed by atoms with Crippen LogP contribution in [0.1, 0.15) is 26.3 Å². The Hall–Kier alpha value is -1.62. The number of nitrogens with one attached hydrogen (secondary N) is 1. The van der Waals surface area contributed by atoms with Crippen LogP contribution < -0.4 is 5.32 Å². The highest BCUT2D eigenvalue weighted by atomic mass is 16.6. The van der Waals surface area contributed by atoms with Gasteiger partial charge >= 0.3 is 0 Å². The van der Waals surface area contributed by atoms with Crippen LogP contribution in [0.2, 0.25) is 0 Å². The molecule has 5 nitrogen and oxygen atoms in total. The number of nitro groups is 1. The van der Waals surface area contributed by atoms with Crippen molar-refractivity contribution < 1.29 is 10.0 Å². The smallest absolute Gasteiger partial charge is 0.292 e. The van der Waals surface area contributed by atoms with E-state index in [1.54, 1.807) is 39.8 Å². The van der Waals surface area contributed by atoms with E-state index >= 15 is 0 Å². The van der Waals surface area contributed by atoms with Gasteiger partial charge in [0.05, 0.1) is 16.6 Å². The molecule has 0 bridgehead atoms. The molecule has 1 rings (SSSR count). The summed E-state index contributed by atoms with van der Waals surface area (Å²) < 4.78 is 0. The summed E-state index contributed by atoms with van der Waals surface area (Å²) in [6.45, 7) is 6.90. The quantitative estimate of drug-likeness (QED) is 0.624. The molecular weight excluding hydrogens is 220 g/mol. The SMILES string of the molecule is Cc1ccc(NC(C)C(C)(C)O)c([N+](=O)[O-])c1. The Labute approximate surface area is 101 Å². The second-order valence-electron chi connectivity index (χ2n) is 4.80. The Kier molecular flexibility index (Phi) is 3.72. The van der Waals surface area contributed by atoms with Crippen molar-refractivity contribution in [3.8, 4) is 0 Å². The van der Waals surface area contributed by atoms with E-state index in [0.29, 0.717) is 5.69 Å². The predicted molar refractivity (Wildman–Crippen MR) is 67.2 cm³/mol. The van der Waals surface area contributed by atoms with Crippen LogP contribution in [0.3, 0.4) is 0 Å². The van der Waals surface area contributed by atoms with Crippen molar-refractivity contribution in [2.24, 2.45) is 0 Å². The van der Waals surface area contributed by atoms with Gasteiger partial charge in [0.2, 0.25) is 0 Å². The Bertz CT molecular complexity index is 424. The normalized spacial score (nSPS) is 13.2. The van der Waals surface area contributed by atoms with Crippen LogP contribution in [-0.4, -0.2) is 21.7 Å². The minimum atomic E-state index is -0.946. The maximum atomic E-state index is 10.9. The Morgan fingerprint density at radius 2 is 2.06 bits per heavy atom. The van der Waals surface area contributed by atoms with Gasteiger partial charge in [0.15, 0.2) is 0 Å². The molecule has 2 N–H and O–H groups in total. The highest BCUT2D eigenvalue weighted by molar-refractivity contribution is 5.63. The van der Waals surface area contributed by atoms with Crippen molar-refractivity contribution >= 4 is 11.4 Å². The fourth-order valence-electron chi connectivity index (χ4n) is 1.32. The zero-order valence-corrected chi connectivity index (χ0v) is 10.5. The number of anilines is 1. The van der Waals surface area contributed by atoms with Crippen molar-refractivity contribution in [2.45, 2.75) is 39.3 Å². The average molecular weight is 238 g/mol. The van der Waals surface area contributed by atoms with Crippen molar-refractivity contribution in [3.63, 3.8) is 0 Å². The molecule has 0 aliphatic rings. The first-order valence-electron chi connectivity index (χ1n) is 5.46. The number of aliphatic hydroxyl groups is 1. The van der Waals surface area contributed by atoms with Crippen molar-refractivity contribution in [1.82, 2.24) is 0 Å². The monoisotopic (exact) mass is 238 g/mol. The van der Waals surface area contributed by atoms with E-state index in [1.807, 2.05) is 0 Å². The van der Waals surface area contributed by atoms with Crippen LogP contribution in [0.5, 0.6) is 0 Å². The lowest BCUT2D eigenvalue weighted by Crippen LogP contribution is -2.39. The highest BCUT2D eigenvalue weighted by Gasteiger charge is 2.24. The minimum absolute atomic E-state index is 0.0288. The molecule has 17 heavy (non-hydrogen) atoms. The van der Waals surface area contributed by atoms with Crippen molar-refractivity contribution in [3.05, 3.63) is 33.9 Å². The van der Waals surface area contributed by atoms with E-state index in [4.69, 9.17) is 0 Å². The van der Waals surface area contributed by atoms with Gasteiger partial charge in [-0.1, -0.05) is 6.07 Å². The molecular formula is C12H18N2O3. The zero-order chi connectivity index (χ0) is 13.2.